The maximum Gasteiger partial charge on any atom is 0.418 e. The van der Waals surface area contributed by atoms with Crippen molar-refractivity contribution < 1.29 is 31.7 Å². The van der Waals surface area contributed by atoms with Gasteiger partial charge in [0.15, 0.2) is 17.5 Å². The number of fused-ring (bicyclic) bond motifs is 1. The lowest BCUT2D eigenvalue weighted by molar-refractivity contribution is -0.176. The highest BCUT2D eigenvalue weighted by Crippen LogP contribution is 2.37. The molecular formula is C14H14N2O7S. The predicted octanol–water partition coefficient (Wildman–Crippen LogP) is -0.413. The van der Waals surface area contributed by atoms with Crippen LogP contribution in [0.1, 0.15) is 23.7 Å². The van der Waals surface area contributed by atoms with Crippen molar-refractivity contribution in [3.8, 4) is 11.5 Å². The fraction of sp³-hybridized carbons (Fsp3) is 0.357. The van der Waals surface area contributed by atoms with Gasteiger partial charge in [0.1, 0.15) is 6.10 Å². The van der Waals surface area contributed by atoms with Crippen molar-refractivity contribution >= 4 is 29.1 Å². The van der Waals surface area contributed by atoms with Crippen LogP contribution in [-0.4, -0.2) is 40.7 Å². The van der Waals surface area contributed by atoms with Gasteiger partial charge in [-0.2, -0.15) is 4.21 Å². The van der Waals surface area contributed by atoms with Crippen LogP contribution in [0.15, 0.2) is 18.2 Å². The summed E-state index contributed by atoms with van der Waals surface area (Å²) in [5, 5.41) is 5.08. The van der Waals surface area contributed by atoms with E-state index in [4.69, 9.17) is 13.1 Å². The second kappa shape index (κ2) is 6.48. The van der Waals surface area contributed by atoms with Crippen LogP contribution in [0.4, 0.5) is 0 Å². The third-order valence-corrected chi connectivity index (χ3v) is 4.13. The molecule has 2 heterocycles. The van der Waals surface area contributed by atoms with Crippen LogP contribution in [0.25, 0.3) is 0 Å². The van der Waals surface area contributed by atoms with Crippen LogP contribution >= 0.6 is 0 Å². The SMILES string of the molecule is C[C@H]1OC(=O)[C@H]1NC(=O)CCNC(=O)c1cccc2c1OS(=O)O2. The lowest BCUT2D eigenvalue weighted by Crippen LogP contribution is -2.58. The molecule has 2 N–H and O–H groups in total. The van der Waals surface area contributed by atoms with E-state index in [2.05, 4.69) is 10.6 Å². The Morgan fingerprint density at radius 1 is 1.29 bits per heavy atom. The van der Waals surface area contributed by atoms with Gasteiger partial charge in [0.25, 0.3) is 5.91 Å². The summed E-state index contributed by atoms with van der Waals surface area (Å²) in [6.45, 7) is 1.74. The minimum Gasteiger partial charge on any atom is -0.458 e. The zero-order valence-corrected chi connectivity index (χ0v) is 13.4. The number of amides is 2. The van der Waals surface area contributed by atoms with Crippen LogP contribution < -0.4 is 19.0 Å². The van der Waals surface area contributed by atoms with E-state index in [1.54, 1.807) is 13.0 Å². The van der Waals surface area contributed by atoms with Gasteiger partial charge in [-0.1, -0.05) is 6.07 Å². The summed E-state index contributed by atoms with van der Waals surface area (Å²) in [5.41, 5.74) is 0.162. The summed E-state index contributed by atoms with van der Waals surface area (Å²) >= 11 is -1.96. The Morgan fingerprint density at radius 2 is 2.08 bits per heavy atom. The molecule has 128 valence electrons. The average Bonchev–Trinajstić information content (AvgIpc) is 2.92. The number of carbonyl (C=O) groups is 3. The average molecular weight is 354 g/mol. The molecular weight excluding hydrogens is 340 g/mol. The van der Waals surface area contributed by atoms with Crippen LogP contribution in [0.3, 0.4) is 0 Å². The molecule has 1 aromatic carbocycles. The first kappa shape index (κ1) is 16.2. The molecule has 2 aliphatic rings. The molecule has 3 atom stereocenters. The van der Waals surface area contributed by atoms with Crippen molar-refractivity contribution in [2.24, 2.45) is 0 Å². The number of carbonyl (C=O) groups excluding carboxylic acids is 3. The molecule has 1 aromatic rings. The first-order valence-corrected chi connectivity index (χ1v) is 8.15. The first-order valence-electron chi connectivity index (χ1n) is 7.15. The fourth-order valence-electron chi connectivity index (χ4n) is 2.26. The lowest BCUT2D eigenvalue weighted by Gasteiger charge is -2.32. The van der Waals surface area contributed by atoms with Gasteiger partial charge < -0.3 is 23.7 Å². The van der Waals surface area contributed by atoms with Crippen LogP contribution in [0.5, 0.6) is 11.5 Å². The van der Waals surface area contributed by atoms with Crippen molar-refractivity contribution in [1.29, 1.82) is 0 Å². The van der Waals surface area contributed by atoms with Crippen LogP contribution in [0.2, 0.25) is 0 Å². The van der Waals surface area contributed by atoms with Crippen LogP contribution in [-0.2, 0) is 25.7 Å². The molecule has 1 fully saturated rings. The van der Waals surface area contributed by atoms with Gasteiger partial charge in [0, 0.05) is 13.0 Å². The highest BCUT2D eigenvalue weighted by Gasteiger charge is 2.40. The molecule has 0 bridgehead atoms. The van der Waals surface area contributed by atoms with E-state index >= 15 is 0 Å². The van der Waals surface area contributed by atoms with Gasteiger partial charge in [-0.3, -0.25) is 9.59 Å². The Labute approximate surface area is 139 Å². The van der Waals surface area contributed by atoms with Gasteiger partial charge >= 0.3 is 17.3 Å². The summed E-state index contributed by atoms with van der Waals surface area (Å²) in [6, 6.07) is 3.96. The molecule has 10 heteroatoms. The molecule has 1 saturated heterocycles. The van der Waals surface area contributed by atoms with Gasteiger partial charge in [0.2, 0.25) is 5.91 Å². The number of esters is 1. The second-order valence-corrected chi connectivity index (χ2v) is 5.94. The topological polar surface area (TPSA) is 120 Å². The minimum atomic E-state index is -1.96. The standard InChI is InChI=1S/C14H14N2O7S/c1-7-11(14(19)21-7)16-10(17)5-6-15-13(18)8-3-2-4-9-12(8)23-24(20)22-9/h2-4,7,11H,5-6H2,1H3,(H,15,18)(H,16,17)/t7-,11+,24?/m1/s1. The maximum absolute atomic E-state index is 12.1. The molecule has 1 unspecified atom stereocenters. The normalized spacial score (nSPS) is 23.9. The predicted molar refractivity (Wildman–Crippen MR) is 80.3 cm³/mol. The van der Waals surface area contributed by atoms with Gasteiger partial charge in [-0.25, -0.2) is 4.79 Å². The Morgan fingerprint density at radius 3 is 2.79 bits per heavy atom. The van der Waals surface area contributed by atoms with E-state index in [9.17, 15) is 18.6 Å². The van der Waals surface area contributed by atoms with E-state index in [0.29, 0.717) is 0 Å². The van der Waals surface area contributed by atoms with Crippen LogP contribution in [0, 0.1) is 0 Å². The number of rotatable bonds is 5. The molecule has 0 aromatic heterocycles. The van der Waals surface area contributed by atoms with Gasteiger partial charge in [0.05, 0.1) is 5.56 Å². The second-order valence-electron chi connectivity index (χ2n) is 5.20. The Bertz CT molecular complexity index is 736. The smallest absolute Gasteiger partial charge is 0.418 e. The molecule has 2 amide bonds. The minimum absolute atomic E-state index is 0.000547. The Balaban J connectivity index is 1.50. The Kier molecular flexibility index (Phi) is 4.38. The number of hydrogen-bond acceptors (Lipinski definition) is 7. The van der Waals surface area contributed by atoms with Crippen molar-refractivity contribution in [3.63, 3.8) is 0 Å². The van der Waals surface area contributed by atoms with Crippen molar-refractivity contribution in [2.75, 3.05) is 6.54 Å². The molecule has 0 radical (unpaired) electrons. The first-order chi connectivity index (χ1) is 11.5. The van der Waals surface area contributed by atoms with Gasteiger partial charge in [-0.05, 0) is 19.1 Å². The number of cyclic esters (lactones) is 1. The summed E-state index contributed by atoms with van der Waals surface area (Å²) in [4.78, 5) is 35.0. The molecule has 0 aliphatic carbocycles. The van der Waals surface area contributed by atoms with E-state index < -0.39 is 29.3 Å². The number of hydrogen-bond donors (Lipinski definition) is 2. The van der Waals surface area contributed by atoms with Crippen molar-refractivity contribution in [2.45, 2.75) is 25.5 Å². The monoisotopic (exact) mass is 354 g/mol. The van der Waals surface area contributed by atoms with E-state index in [1.807, 2.05) is 0 Å². The molecule has 24 heavy (non-hydrogen) atoms. The summed E-state index contributed by atoms with van der Waals surface area (Å²) in [6.07, 6.45) is -0.346. The molecule has 3 rings (SSSR count). The summed E-state index contributed by atoms with van der Waals surface area (Å²) < 4.78 is 25.8. The number of benzene rings is 1. The third-order valence-electron chi connectivity index (χ3n) is 3.51. The molecule has 9 nitrogen and oxygen atoms in total. The third kappa shape index (κ3) is 3.18. The Hall–Kier alpha value is -2.62. The molecule has 2 aliphatic heterocycles. The molecule has 0 spiro atoms. The fourth-order valence-corrected chi connectivity index (χ4v) is 2.87. The highest BCUT2D eigenvalue weighted by atomic mass is 32.2. The number of para-hydroxylation sites is 1. The maximum atomic E-state index is 12.1. The van der Waals surface area contributed by atoms with E-state index in [-0.39, 0.29) is 42.0 Å². The summed E-state index contributed by atoms with van der Waals surface area (Å²) in [5.74, 6) is -1.01. The highest BCUT2D eigenvalue weighted by molar-refractivity contribution is 7.76. The molecule has 0 saturated carbocycles. The van der Waals surface area contributed by atoms with Gasteiger partial charge in [-0.15, -0.1) is 0 Å². The largest absolute Gasteiger partial charge is 0.458 e. The number of nitrogens with one attached hydrogen (secondary N) is 2. The lowest BCUT2D eigenvalue weighted by atomic mass is 10.1. The zero-order chi connectivity index (χ0) is 17.3. The summed E-state index contributed by atoms with van der Waals surface area (Å²) in [7, 11) is 0. The van der Waals surface area contributed by atoms with Crippen molar-refractivity contribution in [3.05, 3.63) is 23.8 Å². The number of ether oxygens (including phenoxy) is 1. The zero-order valence-electron chi connectivity index (χ0n) is 12.6. The van der Waals surface area contributed by atoms with Crippen molar-refractivity contribution in [1.82, 2.24) is 10.6 Å². The quantitative estimate of drug-likeness (QED) is 0.690. The van der Waals surface area contributed by atoms with E-state index in [0.717, 1.165) is 0 Å². The van der Waals surface area contributed by atoms with E-state index in [1.165, 1.54) is 12.1 Å².